The molecule has 1 heterocycles. The Hall–Kier alpha value is 0.0700. The van der Waals surface area contributed by atoms with Crippen molar-refractivity contribution in [3.8, 4) is 0 Å². The van der Waals surface area contributed by atoms with Gasteiger partial charge in [0.05, 0.1) is 0 Å². The maximum absolute atomic E-state index is 12.0. The quantitative estimate of drug-likeness (QED) is 0.777. The highest BCUT2D eigenvalue weighted by Crippen LogP contribution is 2.21. The lowest BCUT2D eigenvalue weighted by molar-refractivity contribution is 0.0992. The molecule has 0 radical (unpaired) electrons. The molecule has 1 unspecified atom stereocenters. The van der Waals surface area contributed by atoms with Gasteiger partial charge in [0.2, 0.25) is 0 Å². The van der Waals surface area contributed by atoms with Crippen molar-refractivity contribution in [1.82, 2.24) is 0 Å². The monoisotopic (exact) mass is 247 g/mol. The smallest absolute Gasteiger partial charge is 0.0477 e. The van der Waals surface area contributed by atoms with E-state index in [0.29, 0.717) is 11.8 Å². The second kappa shape index (κ2) is 6.72. The molecule has 0 amide bonds. The van der Waals surface area contributed by atoms with Gasteiger partial charge >= 0.3 is 0 Å². The first-order chi connectivity index (χ1) is 7.55. The molecule has 1 aliphatic heterocycles. The van der Waals surface area contributed by atoms with E-state index in [-0.39, 0.29) is 5.41 Å². The van der Waals surface area contributed by atoms with E-state index in [4.69, 9.17) is 10.5 Å². The van der Waals surface area contributed by atoms with Crippen molar-refractivity contribution in [2.45, 2.75) is 44.8 Å². The molecule has 1 fully saturated rings. The van der Waals surface area contributed by atoms with Crippen LogP contribution in [0.2, 0.25) is 0 Å². The molecule has 4 heteroatoms. The molecule has 0 spiro atoms. The maximum atomic E-state index is 12.0. The molecule has 0 aromatic heterocycles. The fourth-order valence-corrected chi connectivity index (χ4v) is 3.38. The van der Waals surface area contributed by atoms with E-state index in [1.54, 1.807) is 0 Å². The van der Waals surface area contributed by atoms with Crippen LogP contribution in [0, 0.1) is 5.41 Å². The van der Waals surface area contributed by atoms with E-state index in [0.717, 1.165) is 44.6 Å². The van der Waals surface area contributed by atoms with Crippen molar-refractivity contribution in [2.75, 3.05) is 25.5 Å². The minimum atomic E-state index is -0.664. The summed E-state index contributed by atoms with van der Waals surface area (Å²) < 4.78 is 17.3. The average molecular weight is 247 g/mol. The van der Waals surface area contributed by atoms with E-state index >= 15 is 0 Å². The van der Waals surface area contributed by atoms with Gasteiger partial charge < -0.3 is 10.5 Å². The van der Waals surface area contributed by atoms with Gasteiger partial charge in [-0.25, -0.2) is 0 Å². The first-order valence-corrected chi connectivity index (χ1v) is 7.58. The molecule has 1 aliphatic rings. The Labute approximate surface area is 102 Å². The van der Waals surface area contributed by atoms with Crippen LogP contribution in [0.4, 0.5) is 0 Å². The second-order valence-electron chi connectivity index (χ2n) is 5.37. The van der Waals surface area contributed by atoms with Crippen LogP contribution in [0.3, 0.4) is 0 Å². The fraction of sp³-hybridized carbons (Fsp3) is 1.00. The summed E-state index contributed by atoms with van der Waals surface area (Å²) in [4.78, 5) is 0. The molecule has 0 aliphatic carbocycles. The van der Waals surface area contributed by atoms with Gasteiger partial charge in [0.1, 0.15) is 0 Å². The molecule has 0 aromatic rings. The van der Waals surface area contributed by atoms with Gasteiger partial charge in [0.15, 0.2) is 0 Å². The van der Waals surface area contributed by atoms with E-state index in [9.17, 15) is 4.21 Å². The number of rotatable bonds is 6. The molecule has 96 valence electrons. The Balaban J connectivity index is 2.19. The van der Waals surface area contributed by atoms with E-state index < -0.39 is 10.8 Å². The van der Waals surface area contributed by atoms with Crippen LogP contribution in [-0.4, -0.2) is 35.0 Å². The van der Waals surface area contributed by atoms with Crippen LogP contribution in [0.25, 0.3) is 0 Å². The van der Waals surface area contributed by atoms with Crippen molar-refractivity contribution in [3.05, 3.63) is 0 Å². The summed E-state index contributed by atoms with van der Waals surface area (Å²) in [7, 11) is -0.664. The van der Waals surface area contributed by atoms with E-state index in [1.807, 2.05) is 0 Å². The first-order valence-electron chi connectivity index (χ1n) is 6.20. The third-order valence-electron chi connectivity index (χ3n) is 3.29. The van der Waals surface area contributed by atoms with Crippen molar-refractivity contribution in [2.24, 2.45) is 11.1 Å². The molecule has 0 bridgehead atoms. The highest BCUT2D eigenvalue weighted by molar-refractivity contribution is 7.85. The standard InChI is InChI=1S/C12H25NO2S/c1-12(2,10-13)6-3-9-16(14)11-4-7-15-8-5-11/h11H,3-10,13H2,1-2H3. The summed E-state index contributed by atoms with van der Waals surface area (Å²) >= 11 is 0. The summed E-state index contributed by atoms with van der Waals surface area (Å²) in [6.07, 6.45) is 4.02. The summed E-state index contributed by atoms with van der Waals surface area (Å²) in [6, 6.07) is 0. The minimum absolute atomic E-state index is 0.194. The summed E-state index contributed by atoms with van der Waals surface area (Å²) in [5, 5.41) is 0.370. The molecule has 16 heavy (non-hydrogen) atoms. The van der Waals surface area contributed by atoms with Crippen LogP contribution in [0.5, 0.6) is 0 Å². The Bertz CT molecular complexity index is 225. The Kier molecular flexibility index (Phi) is 5.94. The van der Waals surface area contributed by atoms with Gasteiger partial charge in [0.25, 0.3) is 0 Å². The second-order valence-corrected chi connectivity index (χ2v) is 7.20. The molecule has 1 rings (SSSR count). The lowest BCUT2D eigenvalue weighted by Crippen LogP contribution is -2.28. The van der Waals surface area contributed by atoms with Gasteiger partial charge in [-0.15, -0.1) is 0 Å². The van der Waals surface area contributed by atoms with Crippen molar-refractivity contribution in [3.63, 3.8) is 0 Å². The highest BCUT2D eigenvalue weighted by Gasteiger charge is 2.21. The normalized spacial score (nSPS) is 20.9. The molecule has 0 aromatic carbocycles. The van der Waals surface area contributed by atoms with Gasteiger partial charge in [0, 0.05) is 35.0 Å². The van der Waals surface area contributed by atoms with Crippen LogP contribution < -0.4 is 5.73 Å². The highest BCUT2D eigenvalue weighted by atomic mass is 32.2. The first kappa shape index (κ1) is 14.1. The van der Waals surface area contributed by atoms with Gasteiger partial charge in [-0.05, 0) is 37.6 Å². The zero-order valence-corrected chi connectivity index (χ0v) is 11.4. The molecule has 0 saturated carbocycles. The topological polar surface area (TPSA) is 52.3 Å². The van der Waals surface area contributed by atoms with Gasteiger partial charge in [-0.3, -0.25) is 4.21 Å². The van der Waals surface area contributed by atoms with Crippen LogP contribution in [-0.2, 0) is 15.5 Å². The third kappa shape index (κ3) is 4.93. The lowest BCUT2D eigenvalue weighted by atomic mass is 9.88. The number of ether oxygens (including phenoxy) is 1. The third-order valence-corrected chi connectivity index (χ3v) is 5.20. The van der Waals surface area contributed by atoms with Gasteiger partial charge in [-0.2, -0.15) is 0 Å². The Morgan fingerprint density at radius 2 is 2.00 bits per heavy atom. The largest absolute Gasteiger partial charge is 0.381 e. The fourth-order valence-electron chi connectivity index (χ4n) is 1.90. The number of hydrogen-bond donors (Lipinski definition) is 1. The lowest BCUT2D eigenvalue weighted by Gasteiger charge is -2.24. The average Bonchev–Trinajstić information content (AvgIpc) is 2.30. The minimum Gasteiger partial charge on any atom is -0.381 e. The number of nitrogens with two attached hydrogens (primary N) is 1. The Morgan fingerprint density at radius 3 is 2.56 bits per heavy atom. The van der Waals surface area contributed by atoms with Crippen molar-refractivity contribution < 1.29 is 8.95 Å². The number of hydrogen-bond acceptors (Lipinski definition) is 3. The van der Waals surface area contributed by atoms with Crippen molar-refractivity contribution in [1.29, 1.82) is 0 Å². The SMILES string of the molecule is CC(C)(CN)CCCS(=O)C1CCOCC1. The predicted octanol–water partition coefficient (Wildman–Crippen LogP) is 1.68. The summed E-state index contributed by atoms with van der Waals surface area (Å²) in [6.45, 7) is 6.61. The van der Waals surface area contributed by atoms with Crippen LogP contribution >= 0.6 is 0 Å². The molecular weight excluding hydrogens is 222 g/mol. The summed E-state index contributed by atoms with van der Waals surface area (Å²) in [5.41, 5.74) is 5.87. The van der Waals surface area contributed by atoms with Gasteiger partial charge in [-0.1, -0.05) is 13.8 Å². The van der Waals surface area contributed by atoms with E-state index in [1.165, 1.54) is 0 Å². The molecule has 1 atom stereocenters. The van der Waals surface area contributed by atoms with Crippen LogP contribution in [0.15, 0.2) is 0 Å². The maximum Gasteiger partial charge on any atom is 0.0477 e. The Morgan fingerprint density at radius 1 is 1.38 bits per heavy atom. The molecule has 2 N–H and O–H groups in total. The van der Waals surface area contributed by atoms with Crippen LogP contribution in [0.1, 0.15) is 39.5 Å². The predicted molar refractivity (Wildman–Crippen MR) is 68.9 cm³/mol. The zero-order valence-electron chi connectivity index (χ0n) is 10.5. The molecule has 3 nitrogen and oxygen atoms in total. The van der Waals surface area contributed by atoms with E-state index in [2.05, 4.69) is 13.8 Å². The zero-order chi connectivity index (χ0) is 12.0. The summed E-state index contributed by atoms with van der Waals surface area (Å²) in [5.74, 6) is 0.827. The van der Waals surface area contributed by atoms with Crippen molar-refractivity contribution >= 4 is 10.8 Å². The molecule has 1 saturated heterocycles. The molecular formula is C12H25NO2S.